The van der Waals surface area contributed by atoms with Crippen molar-refractivity contribution in [1.82, 2.24) is 9.97 Å². The van der Waals surface area contributed by atoms with Gasteiger partial charge in [0.15, 0.2) is 0 Å². The number of nitrogens with zero attached hydrogens (tertiary/aromatic N) is 1. The number of rotatable bonds is 3. The molecule has 1 aromatic heterocycles. The molecule has 18 heavy (non-hydrogen) atoms. The third-order valence-electron chi connectivity index (χ3n) is 2.47. The Morgan fingerprint density at radius 2 is 2.11 bits per heavy atom. The van der Waals surface area contributed by atoms with Crippen molar-refractivity contribution in [2.24, 2.45) is 0 Å². The summed E-state index contributed by atoms with van der Waals surface area (Å²) in [6, 6.07) is 2.42. The molecule has 1 heterocycles. The lowest BCUT2D eigenvalue weighted by Crippen LogP contribution is -2.05. The van der Waals surface area contributed by atoms with Crippen LogP contribution in [0.25, 0.3) is 11.0 Å². The molecule has 2 rings (SSSR count). The average molecular weight is 323 g/mol. The Labute approximate surface area is 109 Å². The van der Waals surface area contributed by atoms with Gasteiger partial charge in [0, 0.05) is 18.0 Å². The molecule has 7 heteroatoms. The van der Waals surface area contributed by atoms with Crippen LogP contribution < -0.4 is 0 Å². The highest BCUT2D eigenvalue weighted by Crippen LogP contribution is 2.36. The fourth-order valence-electron chi connectivity index (χ4n) is 1.62. The monoisotopic (exact) mass is 322 g/mol. The molecule has 0 saturated heterocycles. The molecule has 0 radical (unpaired) electrons. The molecule has 98 valence electrons. The highest BCUT2D eigenvalue weighted by molar-refractivity contribution is 9.10. The van der Waals surface area contributed by atoms with Crippen molar-refractivity contribution < 1.29 is 17.9 Å². The summed E-state index contributed by atoms with van der Waals surface area (Å²) in [5.41, 5.74) is 0.162. The molecule has 0 aliphatic heterocycles. The maximum absolute atomic E-state index is 12.7. The SMILES string of the molecule is COCCc1nc2cc(Br)c(C(F)(F)F)cc2[nH]1. The zero-order valence-electron chi connectivity index (χ0n) is 9.44. The van der Waals surface area contributed by atoms with Gasteiger partial charge in [-0.2, -0.15) is 13.2 Å². The minimum Gasteiger partial charge on any atom is -0.384 e. The first-order chi connectivity index (χ1) is 8.41. The third kappa shape index (κ3) is 2.67. The molecule has 0 bridgehead atoms. The maximum Gasteiger partial charge on any atom is 0.417 e. The van der Waals surface area contributed by atoms with Gasteiger partial charge in [0.2, 0.25) is 0 Å². The molecule has 3 nitrogen and oxygen atoms in total. The fourth-order valence-corrected chi connectivity index (χ4v) is 2.17. The van der Waals surface area contributed by atoms with Gasteiger partial charge in [-0.25, -0.2) is 4.98 Å². The summed E-state index contributed by atoms with van der Waals surface area (Å²) < 4.78 is 43.0. The number of methoxy groups -OCH3 is 1. The van der Waals surface area contributed by atoms with Gasteiger partial charge in [0.05, 0.1) is 23.2 Å². The minimum absolute atomic E-state index is 0.00714. The van der Waals surface area contributed by atoms with Gasteiger partial charge in [0.25, 0.3) is 0 Å². The van der Waals surface area contributed by atoms with E-state index < -0.39 is 11.7 Å². The van der Waals surface area contributed by atoms with E-state index in [-0.39, 0.29) is 4.47 Å². The van der Waals surface area contributed by atoms with Crippen LogP contribution in [0.1, 0.15) is 11.4 Å². The Morgan fingerprint density at radius 1 is 1.39 bits per heavy atom. The molecule has 0 atom stereocenters. The molecule has 0 saturated carbocycles. The standard InChI is InChI=1S/C11H10BrF3N2O/c1-18-3-2-10-16-8-4-6(11(13,14)15)7(12)5-9(8)17-10/h4-5H,2-3H2,1H3,(H,16,17). The number of aromatic nitrogens is 2. The van der Waals surface area contributed by atoms with Crippen LogP contribution in [0.4, 0.5) is 13.2 Å². The number of nitrogens with one attached hydrogen (secondary N) is 1. The molecular weight excluding hydrogens is 313 g/mol. The minimum atomic E-state index is -4.38. The fraction of sp³-hybridized carbons (Fsp3) is 0.364. The number of hydrogen-bond acceptors (Lipinski definition) is 2. The molecule has 0 aliphatic rings. The zero-order valence-corrected chi connectivity index (χ0v) is 11.0. The topological polar surface area (TPSA) is 37.9 Å². The summed E-state index contributed by atoms with van der Waals surface area (Å²) in [4.78, 5) is 7.06. The van der Waals surface area contributed by atoms with E-state index >= 15 is 0 Å². The quantitative estimate of drug-likeness (QED) is 0.938. The van der Waals surface area contributed by atoms with Crippen molar-refractivity contribution in [3.05, 3.63) is 28.0 Å². The molecule has 0 unspecified atom stereocenters. The summed E-state index contributed by atoms with van der Waals surface area (Å²) in [6.07, 6.45) is -3.85. The Morgan fingerprint density at radius 3 is 2.72 bits per heavy atom. The molecule has 1 N–H and O–H groups in total. The third-order valence-corrected chi connectivity index (χ3v) is 3.12. The van der Waals surface area contributed by atoms with Crippen LogP contribution in [0.15, 0.2) is 16.6 Å². The van der Waals surface area contributed by atoms with E-state index in [0.717, 1.165) is 6.07 Å². The van der Waals surface area contributed by atoms with Gasteiger partial charge in [0.1, 0.15) is 5.82 Å². The number of halogens is 4. The predicted molar refractivity (Wildman–Crippen MR) is 64.4 cm³/mol. The molecule has 1 aromatic carbocycles. The molecule has 0 fully saturated rings. The van der Waals surface area contributed by atoms with Gasteiger partial charge in [-0.15, -0.1) is 0 Å². The summed E-state index contributed by atoms with van der Waals surface area (Å²) in [5, 5.41) is 0. The number of H-pyrrole nitrogens is 1. The Balaban J connectivity index is 2.44. The lowest BCUT2D eigenvalue weighted by Gasteiger charge is -2.08. The van der Waals surface area contributed by atoms with Crippen molar-refractivity contribution >= 4 is 27.0 Å². The predicted octanol–water partition coefficient (Wildman–Crippen LogP) is 3.53. The number of benzene rings is 1. The molecular formula is C11H10BrF3N2O. The van der Waals surface area contributed by atoms with E-state index in [1.165, 1.54) is 6.07 Å². The first-order valence-corrected chi connectivity index (χ1v) is 5.95. The normalized spacial score (nSPS) is 12.3. The Hall–Kier alpha value is -1.08. The van der Waals surface area contributed by atoms with Crippen LogP contribution >= 0.6 is 15.9 Å². The van der Waals surface area contributed by atoms with Gasteiger partial charge in [-0.3, -0.25) is 0 Å². The lowest BCUT2D eigenvalue weighted by atomic mass is 10.2. The second-order valence-corrected chi connectivity index (χ2v) is 4.63. The van der Waals surface area contributed by atoms with E-state index in [1.54, 1.807) is 7.11 Å². The summed E-state index contributed by atoms with van der Waals surface area (Å²) in [6.45, 7) is 0.465. The van der Waals surface area contributed by atoms with E-state index in [2.05, 4.69) is 25.9 Å². The van der Waals surface area contributed by atoms with Crippen LogP contribution in [0, 0.1) is 0 Å². The number of aromatic amines is 1. The van der Waals surface area contributed by atoms with Crippen LogP contribution in [0.5, 0.6) is 0 Å². The second kappa shape index (κ2) is 4.89. The molecule has 0 spiro atoms. The lowest BCUT2D eigenvalue weighted by molar-refractivity contribution is -0.138. The molecule has 2 aromatic rings. The number of imidazole rings is 1. The maximum atomic E-state index is 12.7. The first-order valence-electron chi connectivity index (χ1n) is 5.16. The van der Waals surface area contributed by atoms with Crippen LogP contribution in [-0.2, 0) is 17.3 Å². The van der Waals surface area contributed by atoms with Crippen molar-refractivity contribution in [1.29, 1.82) is 0 Å². The number of hydrogen-bond donors (Lipinski definition) is 1. The van der Waals surface area contributed by atoms with Crippen LogP contribution in [-0.4, -0.2) is 23.7 Å². The average Bonchev–Trinajstić information content (AvgIpc) is 2.65. The Kier molecular flexibility index (Phi) is 3.63. The van der Waals surface area contributed by atoms with Gasteiger partial charge in [-0.05, 0) is 12.1 Å². The van der Waals surface area contributed by atoms with Crippen LogP contribution in [0.3, 0.4) is 0 Å². The zero-order chi connectivity index (χ0) is 13.3. The number of ether oxygens (including phenoxy) is 1. The molecule has 0 aliphatic carbocycles. The summed E-state index contributed by atoms with van der Waals surface area (Å²) in [5.74, 6) is 0.609. The summed E-state index contributed by atoms with van der Waals surface area (Å²) in [7, 11) is 1.56. The van der Waals surface area contributed by atoms with E-state index in [0.29, 0.717) is 29.9 Å². The highest BCUT2D eigenvalue weighted by atomic mass is 79.9. The van der Waals surface area contributed by atoms with Crippen LogP contribution in [0.2, 0.25) is 0 Å². The van der Waals surface area contributed by atoms with Crippen molar-refractivity contribution in [3.63, 3.8) is 0 Å². The van der Waals surface area contributed by atoms with Crippen molar-refractivity contribution in [2.45, 2.75) is 12.6 Å². The first kappa shape index (κ1) is 13.4. The number of fused-ring (bicyclic) bond motifs is 1. The van der Waals surface area contributed by atoms with E-state index in [4.69, 9.17) is 4.74 Å². The smallest absolute Gasteiger partial charge is 0.384 e. The Bertz CT molecular complexity index is 565. The highest BCUT2D eigenvalue weighted by Gasteiger charge is 2.33. The largest absolute Gasteiger partial charge is 0.417 e. The summed E-state index contributed by atoms with van der Waals surface area (Å²) >= 11 is 2.92. The van der Waals surface area contributed by atoms with E-state index in [9.17, 15) is 13.2 Å². The van der Waals surface area contributed by atoms with Gasteiger partial charge >= 0.3 is 6.18 Å². The van der Waals surface area contributed by atoms with E-state index in [1.807, 2.05) is 0 Å². The van der Waals surface area contributed by atoms with Gasteiger partial charge < -0.3 is 9.72 Å². The second-order valence-electron chi connectivity index (χ2n) is 3.77. The number of alkyl halides is 3. The van der Waals surface area contributed by atoms with Crippen molar-refractivity contribution in [3.8, 4) is 0 Å². The molecule has 0 amide bonds. The van der Waals surface area contributed by atoms with Crippen molar-refractivity contribution in [2.75, 3.05) is 13.7 Å². The van der Waals surface area contributed by atoms with Gasteiger partial charge in [-0.1, -0.05) is 15.9 Å².